The van der Waals surface area contributed by atoms with E-state index in [0.29, 0.717) is 0 Å². The zero-order valence-corrected chi connectivity index (χ0v) is 15.0. The molecular formula is C17H18FNO4S2. The molecule has 1 aliphatic heterocycles. The molecule has 134 valence electrons. The van der Waals surface area contributed by atoms with E-state index in [0.717, 1.165) is 12.1 Å². The van der Waals surface area contributed by atoms with Crippen LogP contribution in [0.5, 0.6) is 0 Å². The molecule has 0 amide bonds. The zero-order valence-electron chi connectivity index (χ0n) is 13.4. The molecule has 1 aliphatic rings. The summed E-state index contributed by atoms with van der Waals surface area (Å²) >= 11 is 0. The Morgan fingerprint density at radius 1 is 0.800 bits per heavy atom. The summed E-state index contributed by atoms with van der Waals surface area (Å²) in [6.45, 7) is 0.243. The lowest BCUT2D eigenvalue weighted by Gasteiger charge is -2.31. The van der Waals surface area contributed by atoms with Crippen LogP contribution in [0.3, 0.4) is 0 Å². The summed E-state index contributed by atoms with van der Waals surface area (Å²) < 4.78 is 64.7. The van der Waals surface area contributed by atoms with E-state index in [1.165, 1.54) is 16.4 Å². The van der Waals surface area contributed by atoms with Gasteiger partial charge in [-0.05, 0) is 49.2 Å². The quantitative estimate of drug-likeness (QED) is 0.813. The summed E-state index contributed by atoms with van der Waals surface area (Å²) in [4.78, 5) is 0.271. The van der Waals surface area contributed by atoms with Crippen molar-refractivity contribution in [3.05, 3.63) is 60.4 Å². The topological polar surface area (TPSA) is 71.5 Å². The van der Waals surface area contributed by atoms with Crippen molar-refractivity contribution in [3.63, 3.8) is 0 Å². The highest BCUT2D eigenvalue weighted by molar-refractivity contribution is 7.92. The van der Waals surface area contributed by atoms with Crippen LogP contribution in [0.15, 0.2) is 64.4 Å². The molecule has 2 aromatic rings. The van der Waals surface area contributed by atoms with Crippen molar-refractivity contribution in [2.75, 3.05) is 13.1 Å². The Morgan fingerprint density at radius 2 is 1.36 bits per heavy atom. The zero-order chi connectivity index (χ0) is 18.1. The van der Waals surface area contributed by atoms with Crippen LogP contribution in [0.25, 0.3) is 0 Å². The molecular weight excluding hydrogens is 365 g/mol. The highest BCUT2D eigenvalue weighted by atomic mass is 32.2. The SMILES string of the molecule is O=S(=O)(c1ccccc1)C1CCN(S(=O)(=O)c2ccc(F)cc2)CC1. The van der Waals surface area contributed by atoms with E-state index in [1.807, 2.05) is 0 Å². The van der Waals surface area contributed by atoms with Crippen LogP contribution in [0, 0.1) is 5.82 Å². The van der Waals surface area contributed by atoms with Gasteiger partial charge in [-0.25, -0.2) is 21.2 Å². The Balaban J connectivity index is 1.75. The first-order valence-corrected chi connectivity index (χ1v) is 10.8. The molecule has 0 bridgehead atoms. The van der Waals surface area contributed by atoms with Gasteiger partial charge in [0.2, 0.25) is 10.0 Å². The predicted molar refractivity (Wildman–Crippen MR) is 91.8 cm³/mol. The lowest BCUT2D eigenvalue weighted by molar-refractivity contribution is 0.345. The average Bonchev–Trinajstić information content (AvgIpc) is 2.63. The molecule has 0 aromatic heterocycles. The number of nitrogens with zero attached hydrogens (tertiary/aromatic N) is 1. The third kappa shape index (κ3) is 3.61. The number of sulfonamides is 1. The molecule has 0 aliphatic carbocycles. The minimum absolute atomic E-state index is 0.0123. The fourth-order valence-corrected chi connectivity index (χ4v) is 6.16. The van der Waals surface area contributed by atoms with Crippen molar-refractivity contribution >= 4 is 19.9 Å². The van der Waals surface area contributed by atoms with Crippen LogP contribution in [0.1, 0.15) is 12.8 Å². The van der Waals surface area contributed by atoms with Crippen molar-refractivity contribution in [1.82, 2.24) is 4.31 Å². The fraction of sp³-hybridized carbons (Fsp3) is 0.294. The summed E-state index contributed by atoms with van der Waals surface area (Å²) in [5, 5.41) is -0.602. The number of rotatable bonds is 4. The lowest BCUT2D eigenvalue weighted by Crippen LogP contribution is -2.42. The summed E-state index contributed by atoms with van der Waals surface area (Å²) in [6.07, 6.45) is 0.468. The number of hydrogen-bond acceptors (Lipinski definition) is 4. The first-order chi connectivity index (χ1) is 11.8. The number of hydrogen-bond donors (Lipinski definition) is 0. The monoisotopic (exact) mass is 383 g/mol. The number of sulfone groups is 1. The molecule has 1 fully saturated rings. The van der Waals surface area contributed by atoms with E-state index in [9.17, 15) is 21.2 Å². The third-order valence-corrected chi connectivity index (χ3v) is 8.55. The van der Waals surface area contributed by atoms with Crippen molar-refractivity contribution in [2.45, 2.75) is 27.9 Å². The maximum atomic E-state index is 13.0. The van der Waals surface area contributed by atoms with Gasteiger partial charge >= 0.3 is 0 Å². The molecule has 0 saturated carbocycles. The van der Waals surface area contributed by atoms with Gasteiger partial charge in [-0.3, -0.25) is 0 Å². The van der Waals surface area contributed by atoms with Crippen molar-refractivity contribution < 1.29 is 21.2 Å². The molecule has 1 heterocycles. The van der Waals surface area contributed by atoms with E-state index in [2.05, 4.69) is 0 Å². The molecule has 0 N–H and O–H groups in total. The van der Waals surface area contributed by atoms with Gasteiger partial charge in [0.15, 0.2) is 9.84 Å². The minimum atomic E-state index is -3.74. The van der Waals surface area contributed by atoms with Crippen LogP contribution in [0.4, 0.5) is 4.39 Å². The van der Waals surface area contributed by atoms with Crippen LogP contribution < -0.4 is 0 Å². The lowest BCUT2D eigenvalue weighted by atomic mass is 10.2. The molecule has 8 heteroatoms. The van der Waals surface area contributed by atoms with Gasteiger partial charge < -0.3 is 0 Å². The Labute approximate surface area is 147 Å². The van der Waals surface area contributed by atoms with Crippen molar-refractivity contribution in [3.8, 4) is 0 Å². The summed E-state index contributed by atoms with van der Waals surface area (Å²) in [5.41, 5.74) is 0. The molecule has 3 rings (SSSR count). The van der Waals surface area contributed by atoms with Crippen LogP contribution >= 0.6 is 0 Å². The minimum Gasteiger partial charge on any atom is -0.223 e. The Morgan fingerprint density at radius 3 is 1.92 bits per heavy atom. The van der Waals surface area contributed by atoms with E-state index < -0.39 is 30.9 Å². The maximum absolute atomic E-state index is 13.0. The second-order valence-electron chi connectivity index (χ2n) is 5.92. The van der Waals surface area contributed by atoms with Crippen molar-refractivity contribution in [2.24, 2.45) is 0 Å². The predicted octanol–water partition coefficient (Wildman–Crippen LogP) is 2.45. The van der Waals surface area contributed by atoms with Crippen LogP contribution in [-0.2, 0) is 19.9 Å². The Kier molecular flexibility index (Phi) is 4.95. The molecule has 0 radical (unpaired) electrons. The third-order valence-electron chi connectivity index (χ3n) is 4.36. The molecule has 2 aromatic carbocycles. The normalized spacial score (nSPS) is 17.5. The fourth-order valence-electron chi connectivity index (χ4n) is 2.94. The van der Waals surface area contributed by atoms with Gasteiger partial charge in [0.1, 0.15) is 5.82 Å². The van der Waals surface area contributed by atoms with E-state index in [-0.39, 0.29) is 35.7 Å². The van der Waals surface area contributed by atoms with Crippen molar-refractivity contribution in [1.29, 1.82) is 0 Å². The average molecular weight is 383 g/mol. The first kappa shape index (κ1) is 18.0. The van der Waals surface area contributed by atoms with Gasteiger partial charge in [-0.1, -0.05) is 18.2 Å². The molecule has 5 nitrogen and oxygen atoms in total. The van der Waals surface area contributed by atoms with E-state index in [4.69, 9.17) is 0 Å². The summed E-state index contributed by atoms with van der Waals surface area (Å²) in [7, 11) is -7.21. The van der Waals surface area contributed by atoms with E-state index in [1.54, 1.807) is 30.3 Å². The van der Waals surface area contributed by atoms with Gasteiger partial charge in [-0.2, -0.15) is 4.31 Å². The summed E-state index contributed by atoms with van der Waals surface area (Å²) in [5.74, 6) is -0.508. The van der Waals surface area contributed by atoms with E-state index >= 15 is 0 Å². The highest BCUT2D eigenvalue weighted by Gasteiger charge is 2.35. The number of benzene rings is 2. The first-order valence-electron chi connectivity index (χ1n) is 7.86. The Bertz CT molecular complexity index is 934. The molecule has 0 unspecified atom stereocenters. The van der Waals surface area contributed by atoms with Gasteiger partial charge in [0, 0.05) is 13.1 Å². The van der Waals surface area contributed by atoms with Gasteiger partial charge in [0.25, 0.3) is 0 Å². The second-order valence-corrected chi connectivity index (χ2v) is 10.1. The molecule has 25 heavy (non-hydrogen) atoms. The standard InChI is InChI=1S/C17H18FNO4S2/c18-14-6-8-17(9-7-14)25(22,23)19-12-10-16(11-13-19)24(20,21)15-4-2-1-3-5-15/h1-9,16H,10-13H2. The number of piperidine rings is 1. The molecule has 0 spiro atoms. The molecule has 1 saturated heterocycles. The van der Waals surface area contributed by atoms with Gasteiger partial charge in [-0.15, -0.1) is 0 Å². The smallest absolute Gasteiger partial charge is 0.223 e. The molecule has 0 atom stereocenters. The maximum Gasteiger partial charge on any atom is 0.243 e. The second kappa shape index (κ2) is 6.86. The summed E-state index contributed by atoms with van der Waals surface area (Å²) in [6, 6.07) is 12.8. The largest absolute Gasteiger partial charge is 0.243 e. The van der Waals surface area contributed by atoms with Crippen LogP contribution in [-0.4, -0.2) is 39.5 Å². The van der Waals surface area contributed by atoms with Gasteiger partial charge in [0.05, 0.1) is 15.0 Å². The highest BCUT2D eigenvalue weighted by Crippen LogP contribution is 2.27. The van der Waals surface area contributed by atoms with Crippen LogP contribution in [0.2, 0.25) is 0 Å². The Hall–Kier alpha value is -1.77. The number of halogens is 1.